The van der Waals surface area contributed by atoms with E-state index < -0.39 is 4.92 Å². The zero-order chi connectivity index (χ0) is 13.3. The first kappa shape index (κ1) is 12.6. The second-order valence-corrected chi connectivity index (χ2v) is 5.02. The zero-order valence-electron chi connectivity index (χ0n) is 10.2. The molecule has 1 aliphatic heterocycles. The lowest BCUT2D eigenvalue weighted by Crippen LogP contribution is -2.34. The minimum Gasteiger partial charge on any atom is -0.351 e. The zero-order valence-corrected chi connectivity index (χ0v) is 10.2. The number of nitrogens with zero attached hydrogens (tertiary/aromatic N) is 2. The van der Waals surface area contributed by atoms with Crippen molar-refractivity contribution in [2.24, 2.45) is 11.1 Å². The third-order valence-corrected chi connectivity index (χ3v) is 3.45. The number of aromatic amines is 1. The van der Waals surface area contributed by atoms with Gasteiger partial charge >= 0.3 is 0 Å². The fourth-order valence-electron chi connectivity index (χ4n) is 2.15. The Balaban J connectivity index is 2.10. The molecule has 2 rings (SSSR count). The number of hydrogen-bond acceptors (Lipinski definition) is 4. The van der Waals surface area contributed by atoms with Gasteiger partial charge in [-0.05, 0) is 18.4 Å². The van der Waals surface area contributed by atoms with Crippen LogP contribution in [0.1, 0.15) is 23.8 Å². The van der Waals surface area contributed by atoms with Crippen molar-refractivity contribution in [3.05, 3.63) is 28.1 Å². The summed E-state index contributed by atoms with van der Waals surface area (Å²) in [6.45, 7) is 3.80. The van der Waals surface area contributed by atoms with E-state index in [1.54, 1.807) is 4.90 Å². The summed E-state index contributed by atoms with van der Waals surface area (Å²) in [5.41, 5.74) is 5.79. The summed E-state index contributed by atoms with van der Waals surface area (Å²) in [4.78, 5) is 26.5. The van der Waals surface area contributed by atoms with E-state index in [4.69, 9.17) is 5.73 Å². The van der Waals surface area contributed by atoms with Crippen molar-refractivity contribution in [2.45, 2.75) is 13.3 Å². The summed E-state index contributed by atoms with van der Waals surface area (Å²) in [7, 11) is 0. The lowest BCUT2D eigenvalue weighted by molar-refractivity contribution is -0.384. The third-order valence-electron chi connectivity index (χ3n) is 3.45. The molecule has 0 spiro atoms. The van der Waals surface area contributed by atoms with Crippen LogP contribution in [0.2, 0.25) is 0 Å². The lowest BCUT2D eigenvalue weighted by atomic mass is 9.90. The van der Waals surface area contributed by atoms with Crippen LogP contribution < -0.4 is 5.73 Å². The van der Waals surface area contributed by atoms with E-state index in [1.807, 2.05) is 6.92 Å². The highest BCUT2D eigenvalue weighted by Crippen LogP contribution is 2.29. The summed E-state index contributed by atoms with van der Waals surface area (Å²) in [6, 6.07) is 1.26. The van der Waals surface area contributed by atoms with Gasteiger partial charge in [-0.1, -0.05) is 6.92 Å². The number of hydrogen-bond donors (Lipinski definition) is 2. The monoisotopic (exact) mass is 252 g/mol. The average Bonchev–Trinajstić information content (AvgIpc) is 2.95. The van der Waals surface area contributed by atoms with Crippen LogP contribution in [0.15, 0.2) is 12.3 Å². The summed E-state index contributed by atoms with van der Waals surface area (Å²) in [5.74, 6) is -0.208. The molecule has 0 aliphatic carbocycles. The molecule has 0 radical (unpaired) electrons. The quantitative estimate of drug-likeness (QED) is 0.611. The molecule has 1 amide bonds. The molecule has 3 N–H and O–H groups in total. The topological polar surface area (TPSA) is 105 Å². The van der Waals surface area contributed by atoms with Gasteiger partial charge in [0, 0.05) is 19.2 Å². The van der Waals surface area contributed by atoms with Crippen molar-refractivity contribution >= 4 is 11.6 Å². The highest BCUT2D eigenvalue weighted by Gasteiger charge is 2.35. The first-order chi connectivity index (χ1) is 8.45. The maximum absolute atomic E-state index is 12.1. The van der Waals surface area contributed by atoms with Crippen LogP contribution in [0.5, 0.6) is 0 Å². The van der Waals surface area contributed by atoms with Crippen molar-refractivity contribution < 1.29 is 9.72 Å². The molecule has 18 heavy (non-hydrogen) atoms. The summed E-state index contributed by atoms with van der Waals surface area (Å²) in [6.07, 6.45) is 2.09. The predicted molar refractivity (Wildman–Crippen MR) is 65.1 cm³/mol. The van der Waals surface area contributed by atoms with E-state index in [0.717, 1.165) is 6.42 Å². The number of carbonyl (C=O) groups excluding carboxylic acids is 1. The molecule has 1 aliphatic rings. The smallest absolute Gasteiger partial charge is 0.287 e. The average molecular weight is 252 g/mol. The van der Waals surface area contributed by atoms with Crippen LogP contribution >= 0.6 is 0 Å². The number of carbonyl (C=O) groups is 1. The van der Waals surface area contributed by atoms with Gasteiger partial charge in [-0.2, -0.15) is 0 Å². The van der Waals surface area contributed by atoms with Gasteiger partial charge in [0.25, 0.3) is 11.6 Å². The Kier molecular flexibility index (Phi) is 3.08. The minimum atomic E-state index is -0.527. The van der Waals surface area contributed by atoms with Gasteiger partial charge in [0.15, 0.2) is 0 Å². The first-order valence-electron chi connectivity index (χ1n) is 5.77. The Morgan fingerprint density at radius 2 is 2.44 bits per heavy atom. The van der Waals surface area contributed by atoms with Gasteiger partial charge in [-0.3, -0.25) is 14.9 Å². The van der Waals surface area contributed by atoms with Crippen LogP contribution in [0.3, 0.4) is 0 Å². The molecule has 1 unspecified atom stereocenters. The molecule has 0 saturated carbocycles. The SMILES string of the molecule is CC1(CN)CCN(C(=O)c2cc([N+](=O)[O-])c[nH]2)C1. The van der Waals surface area contributed by atoms with Crippen molar-refractivity contribution in [1.82, 2.24) is 9.88 Å². The number of aromatic nitrogens is 1. The molecule has 1 atom stereocenters. The molecular formula is C11H16N4O3. The molecule has 1 saturated heterocycles. The third kappa shape index (κ3) is 2.21. The van der Waals surface area contributed by atoms with Crippen molar-refractivity contribution in [1.29, 1.82) is 0 Å². The molecule has 98 valence electrons. The van der Waals surface area contributed by atoms with Crippen LogP contribution in [-0.4, -0.2) is 40.3 Å². The first-order valence-corrected chi connectivity index (χ1v) is 5.77. The molecule has 1 aromatic heterocycles. The van der Waals surface area contributed by atoms with Crippen LogP contribution in [0.25, 0.3) is 0 Å². The van der Waals surface area contributed by atoms with Gasteiger partial charge in [0.1, 0.15) is 5.69 Å². The summed E-state index contributed by atoms with van der Waals surface area (Å²) >= 11 is 0. The number of nitro groups is 1. The predicted octanol–water partition coefficient (Wildman–Crippen LogP) is 0.734. The van der Waals surface area contributed by atoms with Crippen molar-refractivity contribution in [3.63, 3.8) is 0 Å². The lowest BCUT2D eigenvalue weighted by Gasteiger charge is -2.22. The van der Waals surface area contributed by atoms with Crippen LogP contribution in [-0.2, 0) is 0 Å². The van der Waals surface area contributed by atoms with E-state index >= 15 is 0 Å². The van der Waals surface area contributed by atoms with E-state index in [-0.39, 0.29) is 22.7 Å². The van der Waals surface area contributed by atoms with Gasteiger partial charge in [-0.15, -0.1) is 0 Å². The Labute approximate surface area is 104 Å². The van der Waals surface area contributed by atoms with Gasteiger partial charge in [-0.25, -0.2) is 0 Å². The largest absolute Gasteiger partial charge is 0.351 e. The number of H-pyrrole nitrogens is 1. The van der Waals surface area contributed by atoms with Crippen molar-refractivity contribution in [2.75, 3.05) is 19.6 Å². The molecule has 2 heterocycles. The fourth-order valence-corrected chi connectivity index (χ4v) is 2.15. The van der Waals surface area contributed by atoms with Crippen molar-refractivity contribution in [3.8, 4) is 0 Å². The summed E-state index contributed by atoms with van der Waals surface area (Å²) in [5, 5.41) is 10.6. The molecule has 0 bridgehead atoms. The highest BCUT2D eigenvalue weighted by molar-refractivity contribution is 5.93. The van der Waals surface area contributed by atoms with E-state index in [1.165, 1.54) is 12.3 Å². The molecule has 7 heteroatoms. The number of likely N-dealkylation sites (tertiary alicyclic amines) is 1. The van der Waals surface area contributed by atoms with E-state index in [9.17, 15) is 14.9 Å². The van der Waals surface area contributed by atoms with Gasteiger partial charge in [0.05, 0.1) is 11.1 Å². The molecular weight excluding hydrogens is 236 g/mol. The normalized spacial score (nSPS) is 23.3. The molecule has 0 aromatic carbocycles. The molecule has 7 nitrogen and oxygen atoms in total. The second kappa shape index (κ2) is 4.41. The number of nitrogens with one attached hydrogen (secondary N) is 1. The van der Waals surface area contributed by atoms with Gasteiger partial charge in [0.2, 0.25) is 0 Å². The second-order valence-electron chi connectivity index (χ2n) is 5.02. The Morgan fingerprint density at radius 1 is 1.72 bits per heavy atom. The minimum absolute atomic E-state index is 0.0474. The molecule has 1 aromatic rings. The van der Waals surface area contributed by atoms with Crippen LogP contribution in [0, 0.1) is 15.5 Å². The van der Waals surface area contributed by atoms with Gasteiger partial charge < -0.3 is 15.6 Å². The Bertz CT molecular complexity index is 484. The highest BCUT2D eigenvalue weighted by atomic mass is 16.6. The molecule has 1 fully saturated rings. The van der Waals surface area contributed by atoms with Crippen LogP contribution in [0.4, 0.5) is 5.69 Å². The summed E-state index contributed by atoms with van der Waals surface area (Å²) < 4.78 is 0. The Hall–Kier alpha value is -1.89. The maximum atomic E-state index is 12.1. The number of nitrogens with two attached hydrogens (primary N) is 1. The maximum Gasteiger partial charge on any atom is 0.287 e. The fraction of sp³-hybridized carbons (Fsp3) is 0.545. The van der Waals surface area contributed by atoms with E-state index in [0.29, 0.717) is 19.6 Å². The Morgan fingerprint density at radius 3 is 2.94 bits per heavy atom. The van der Waals surface area contributed by atoms with E-state index in [2.05, 4.69) is 4.98 Å². The number of amides is 1. The number of rotatable bonds is 3. The standard InChI is InChI=1S/C11H16N4O3/c1-11(6-12)2-3-14(7-11)10(16)9-4-8(5-13-9)15(17)18/h4-5,13H,2-3,6-7,12H2,1H3.